The van der Waals surface area contributed by atoms with Gasteiger partial charge in [-0.3, -0.25) is 4.79 Å². The van der Waals surface area contributed by atoms with E-state index < -0.39 is 5.91 Å². The number of rotatable bonds is 8. The molecule has 0 saturated carbocycles. The summed E-state index contributed by atoms with van der Waals surface area (Å²) in [6, 6.07) is 8.26. The van der Waals surface area contributed by atoms with E-state index in [2.05, 4.69) is 20.8 Å². The van der Waals surface area contributed by atoms with Crippen LogP contribution in [0.15, 0.2) is 30.3 Å². The minimum absolute atomic E-state index is 0.194. The lowest BCUT2D eigenvalue weighted by molar-refractivity contribution is 0.102. The molecule has 2 aromatic rings. The first-order valence-electron chi connectivity index (χ1n) is 7.35. The molecule has 0 bridgehead atoms. The molecule has 128 valence electrons. The highest BCUT2D eigenvalue weighted by Crippen LogP contribution is 2.27. The van der Waals surface area contributed by atoms with Crippen LogP contribution in [0.5, 0.6) is 5.75 Å². The van der Waals surface area contributed by atoms with E-state index in [4.69, 9.17) is 21.1 Å². The van der Waals surface area contributed by atoms with Crippen molar-refractivity contribution in [2.45, 2.75) is 6.42 Å². The minimum Gasteiger partial charge on any atom is -0.495 e. The van der Waals surface area contributed by atoms with Crippen LogP contribution in [0.25, 0.3) is 0 Å². The molecule has 0 atom stereocenters. The van der Waals surface area contributed by atoms with Crippen LogP contribution in [0.1, 0.15) is 16.9 Å². The molecule has 0 aliphatic heterocycles. The maximum absolute atomic E-state index is 12.3. The van der Waals surface area contributed by atoms with Crippen molar-refractivity contribution in [1.82, 2.24) is 10.2 Å². The van der Waals surface area contributed by atoms with Crippen LogP contribution in [0.4, 0.5) is 11.5 Å². The van der Waals surface area contributed by atoms with Crippen molar-refractivity contribution in [1.29, 1.82) is 0 Å². The first kappa shape index (κ1) is 18.0. The smallest absolute Gasteiger partial charge is 0.276 e. The maximum Gasteiger partial charge on any atom is 0.276 e. The molecule has 8 heteroatoms. The summed E-state index contributed by atoms with van der Waals surface area (Å²) in [5.41, 5.74) is 0.665. The first-order valence-corrected chi connectivity index (χ1v) is 7.73. The van der Waals surface area contributed by atoms with E-state index in [1.54, 1.807) is 37.4 Å². The molecule has 0 fully saturated rings. The van der Waals surface area contributed by atoms with Crippen LogP contribution < -0.4 is 15.4 Å². The Morgan fingerprint density at radius 1 is 1.21 bits per heavy atom. The third-order valence-electron chi connectivity index (χ3n) is 3.14. The second-order valence-electron chi connectivity index (χ2n) is 4.88. The predicted octanol–water partition coefficient (Wildman–Crippen LogP) is 2.84. The van der Waals surface area contributed by atoms with E-state index >= 15 is 0 Å². The summed E-state index contributed by atoms with van der Waals surface area (Å²) >= 11 is 5.94. The fourth-order valence-corrected chi connectivity index (χ4v) is 2.12. The fraction of sp³-hybridized carbons (Fsp3) is 0.312. The lowest BCUT2D eigenvalue weighted by Gasteiger charge is -2.10. The SMILES string of the molecule is COCCCNc1ccc(C(=O)Nc2cc(Cl)ccc2OC)nn1. The first-order chi connectivity index (χ1) is 11.6. The summed E-state index contributed by atoms with van der Waals surface area (Å²) < 4.78 is 10.2. The number of nitrogens with one attached hydrogen (secondary N) is 2. The molecular weight excluding hydrogens is 332 g/mol. The van der Waals surface area contributed by atoms with Crippen LogP contribution in [0, 0.1) is 0 Å². The summed E-state index contributed by atoms with van der Waals surface area (Å²) in [6.07, 6.45) is 0.856. The fourth-order valence-electron chi connectivity index (χ4n) is 1.94. The molecule has 0 aliphatic rings. The summed E-state index contributed by atoms with van der Waals surface area (Å²) in [7, 11) is 3.17. The van der Waals surface area contributed by atoms with Crippen LogP contribution in [-0.4, -0.2) is 43.5 Å². The third kappa shape index (κ3) is 5.07. The van der Waals surface area contributed by atoms with Gasteiger partial charge >= 0.3 is 0 Å². The number of nitrogens with zero attached hydrogens (tertiary/aromatic N) is 2. The van der Waals surface area contributed by atoms with Crippen LogP contribution >= 0.6 is 11.6 Å². The molecule has 0 radical (unpaired) electrons. The number of hydrogen-bond donors (Lipinski definition) is 2. The summed E-state index contributed by atoms with van der Waals surface area (Å²) in [6.45, 7) is 1.39. The molecule has 0 saturated heterocycles. The normalized spacial score (nSPS) is 10.3. The average Bonchev–Trinajstić information content (AvgIpc) is 2.59. The zero-order chi connectivity index (χ0) is 17.4. The number of ether oxygens (including phenoxy) is 2. The van der Waals surface area contributed by atoms with E-state index in [0.29, 0.717) is 35.4 Å². The molecule has 1 amide bonds. The van der Waals surface area contributed by atoms with Crippen molar-refractivity contribution in [2.75, 3.05) is 38.0 Å². The molecule has 0 spiro atoms. The Morgan fingerprint density at radius 3 is 2.71 bits per heavy atom. The molecule has 0 aliphatic carbocycles. The summed E-state index contributed by atoms with van der Waals surface area (Å²) in [4.78, 5) is 12.3. The molecule has 0 unspecified atom stereocenters. The average molecular weight is 351 g/mol. The number of hydrogen-bond acceptors (Lipinski definition) is 6. The molecule has 1 heterocycles. The van der Waals surface area contributed by atoms with Gasteiger partial charge in [0.2, 0.25) is 0 Å². The Bertz CT molecular complexity index is 680. The Morgan fingerprint density at radius 2 is 2.04 bits per heavy atom. The number of benzene rings is 1. The van der Waals surface area contributed by atoms with Gasteiger partial charge in [0.05, 0.1) is 12.8 Å². The number of aromatic nitrogens is 2. The van der Waals surface area contributed by atoms with Gasteiger partial charge in [-0.15, -0.1) is 10.2 Å². The molecule has 1 aromatic carbocycles. The number of anilines is 2. The predicted molar refractivity (Wildman–Crippen MR) is 93.0 cm³/mol. The van der Waals surface area contributed by atoms with Crippen LogP contribution in [0.2, 0.25) is 5.02 Å². The lowest BCUT2D eigenvalue weighted by atomic mass is 10.2. The van der Waals surface area contributed by atoms with Gasteiger partial charge in [0.25, 0.3) is 5.91 Å². The highest BCUT2D eigenvalue weighted by atomic mass is 35.5. The Balaban J connectivity index is 1.99. The number of carbonyl (C=O) groups excluding carboxylic acids is 1. The molecule has 24 heavy (non-hydrogen) atoms. The van der Waals surface area contributed by atoms with Crippen LogP contribution in [-0.2, 0) is 4.74 Å². The maximum atomic E-state index is 12.3. The molecule has 2 N–H and O–H groups in total. The second kappa shape index (κ2) is 9.05. The number of methoxy groups -OCH3 is 2. The van der Waals surface area contributed by atoms with Gasteiger partial charge in [-0.2, -0.15) is 0 Å². The minimum atomic E-state index is -0.394. The van der Waals surface area contributed by atoms with Gasteiger partial charge in [0.15, 0.2) is 5.69 Å². The van der Waals surface area contributed by atoms with E-state index in [1.807, 2.05) is 0 Å². The monoisotopic (exact) mass is 350 g/mol. The van der Waals surface area contributed by atoms with Crippen molar-refractivity contribution >= 4 is 29.0 Å². The van der Waals surface area contributed by atoms with Crippen molar-refractivity contribution in [2.24, 2.45) is 0 Å². The summed E-state index contributed by atoms with van der Waals surface area (Å²) in [5, 5.41) is 14.2. The molecule has 2 rings (SSSR count). The highest BCUT2D eigenvalue weighted by Gasteiger charge is 2.12. The second-order valence-corrected chi connectivity index (χ2v) is 5.31. The van der Waals surface area contributed by atoms with Gasteiger partial charge in [0, 0.05) is 25.3 Å². The Kier molecular flexibility index (Phi) is 6.77. The topological polar surface area (TPSA) is 85.4 Å². The van der Waals surface area contributed by atoms with Gasteiger partial charge in [0.1, 0.15) is 11.6 Å². The third-order valence-corrected chi connectivity index (χ3v) is 3.37. The molecule has 7 nitrogen and oxygen atoms in total. The Hall–Kier alpha value is -2.38. The molecule has 1 aromatic heterocycles. The van der Waals surface area contributed by atoms with Gasteiger partial charge in [-0.25, -0.2) is 0 Å². The van der Waals surface area contributed by atoms with Gasteiger partial charge < -0.3 is 20.1 Å². The lowest BCUT2D eigenvalue weighted by Crippen LogP contribution is -2.15. The van der Waals surface area contributed by atoms with Crippen molar-refractivity contribution < 1.29 is 14.3 Å². The van der Waals surface area contributed by atoms with E-state index in [-0.39, 0.29) is 5.69 Å². The molecular formula is C16H19ClN4O3. The van der Waals surface area contributed by atoms with E-state index in [9.17, 15) is 4.79 Å². The Labute approximate surface area is 145 Å². The van der Waals surface area contributed by atoms with Gasteiger partial charge in [-0.1, -0.05) is 11.6 Å². The van der Waals surface area contributed by atoms with Crippen molar-refractivity contribution in [3.05, 3.63) is 41.0 Å². The largest absolute Gasteiger partial charge is 0.495 e. The number of halogens is 1. The van der Waals surface area contributed by atoms with Crippen molar-refractivity contribution in [3.63, 3.8) is 0 Å². The standard InChI is InChI=1S/C16H19ClN4O3/c1-23-9-3-8-18-15-7-5-12(20-21-15)16(22)19-13-10-11(17)4-6-14(13)24-2/h4-7,10H,3,8-9H2,1-2H3,(H,18,21)(H,19,22). The van der Waals surface area contributed by atoms with E-state index in [0.717, 1.165) is 6.42 Å². The van der Waals surface area contributed by atoms with Crippen molar-refractivity contribution in [3.8, 4) is 5.75 Å². The zero-order valence-corrected chi connectivity index (χ0v) is 14.3. The quantitative estimate of drug-likeness (QED) is 0.712. The van der Waals surface area contributed by atoms with Gasteiger partial charge in [-0.05, 0) is 36.8 Å². The number of carbonyl (C=O) groups is 1. The number of amides is 1. The highest BCUT2D eigenvalue weighted by molar-refractivity contribution is 6.31. The zero-order valence-electron chi connectivity index (χ0n) is 13.5. The van der Waals surface area contributed by atoms with E-state index in [1.165, 1.54) is 7.11 Å². The summed E-state index contributed by atoms with van der Waals surface area (Å²) in [5.74, 6) is 0.717. The van der Waals surface area contributed by atoms with Crippen LogP contribution in [0.3, 0.4) is 0 Å².